The monoisotopic (exact) mass is 367 g/mol. The summed E-state index contributed by atoms with van der Waals surface area (Å²) < 4.78 is 0. The van der Waals surface area contributed by atoms with E-state index in [1.165, 1.54) is 35.3 Å². The standard InChI is InChI=1S/C22H22ClNO2/c1-12-7-8-14(11-17(12)23)24-21(25)19-15-9-10-16(20(19)22(24)26)18(15)13-5-3-2-4-6-13/h7-11,15-16,19-20H,2-6H2,1H3/t15-,16-,19-,20-/m0/s1. The van der Waals surface area contributed by atoms with Gasteiger partial charge in [-0.1, -0.05) is 47.4 Å². The molecular formula is C22H22ClNO2. The lowest BCUT2D eigenvalue weighted by Gasteiger charge is -2.23. The minimum atomic E-state index is -0.220. The minimum absolute atomic E-state index is 0.0503. The maximum absolute atomic E-state index is 13.2. The lowest BCUT2D eigenvalue weighted by molar-refractivity contribution is -0.122. The summed E-state index contributed by atoms with van der Waals surface area (Å²) in [5.41, 5.74) is 4.48. The molecule has 4 atom stereocenters. The number of aryl methyl sites for hydroxylation is 1. The van der Waals surface area contributed by atoms with E-state index in [0.29, 0.717) is 10.7 Å². The molecule has 1 heterocycles. The second-order valence-corrected chi connectivity index (χ2v) is 8.46. The lowest BCUT2D eigenvalue weighted by atomic mass is 9.85. The summed E-state index contributed by atoms with van der Waals surface area (Å²) in [5, 5.41) is 0.589. The molecule has 1 saturated heterocycles. The van der Waals surface area contributed by atoms with Gasteiger partial charge in [-0.05, 0) is 50.3 Å². The molecule has 26 heavy (non-hydrogen) atoms. The molecular weight excluding hydrogens is 346 g/mol. The van der Waals surface area contributed by atoms with Crippen molar-refractivity contribution >= 4 is 29.1 Å². The molecule has 0 spiro atoms. The fourth-order valence-corrected chi connectivity index (χ4v) is 5.65. The fraction of sp³-hybridized carbons (Fsp3) is 0.455. The van der Waals surface area contributed by atoms with Gasteiger partial charge in [0.15, 0.2) is 0 Å². The number of nitrogens with zero attached hydrogens (tertiary/aromatic N) is 1. The summed E-state index contributed by atoms with van der Waals surface area (Å²) in [5.74, 6) is -0.290. The van der Waals surface area contributed by atoms with Gasteiger partial charge < -0.3 is 0 Å². The van der Waals surface area contributed by atoms with Crippen molar-refractivity contribution in [1.82, 2.24) is 0 Å². The van der Waals surface area contributed by atoms with Crippen molar-refractivity contribution in [1.29, 1.82) is 0 Å². The Morgan fingerprint density at radius 2 is 1.58 bits per heavy atom. The predicted octanol–water partition coefficient (Wildman–Crippen LogP) is 4.83. The van der Waals surface area contributed by atoms with E-state index in [-0.39, 0.29) is 35.5 Å². The molecule has 2 saturated carbocycles. The van der Waals surface area contributed by atoms with E-state index < -0.39 is 0 Å². The SMILES string of the molecule is Cc1ccc(N2C(=O)[C@@H]3[C@@H](C2=O)[C@H]2C=C[C@H]3C2=C2CCCCC2)cc1Cl. The molecule has 3 fully saturated rings. The van der Waals surface area contributed by atoms with Crippen molar-refractivity contribution in [2.75, 3.05) is 4.90 Å². The maximum atomic E-state index is 13.2. The van der Waals surface area contributed by atoms with E-state index in [4.69, 9.17) is 11.6 Å². The largest absolute Gasteiger partial charge is 0.274 e. The van der Waals surface area contributed by atoms with E-state index in [0.717, 1.165) is 18.4 Å². The number of carbonyl (C=O) groups excluding carboxylic acids is 2. The second-order valence-electron chi connectivity index (χ2n) is 8.05. The average molecular weight is 368 g/mol. The molecule has 0 unspecified atom stereocenters. The molecule has 2 amide bonds. The van der Waals surface area contributed by atoms with E-state index in [2.05, 4.69) is 12.2 Å². The number of allylic oxidation sites excluding steroid dienone is 4. The molecule has 0 aromatic heterocycles. The van der Waals surface area contributed by atoms with Crippen molar-refractivity contribution < 1.29 is 9.59 Å². The van der Waals surface area contributed by atoms with E-state index in [9.17, 15) is 9.59 Å². The number of fused-ring (bicyclic) bond motifs is 5. The van der Waals surface area contributed by atoms with E-state index in [1.807, 2.05) is 19.1 Å². The summed E-state index contributed by atoms with van der Waals surface area (Å²) in [7, 11) is 0. The molecule has 3 nitrogen and oxygen atoms in total. The van der Waals surface area contributed by atoms with Crippen LogP contribution in [0.5, 0.6) is 0 Å². The summed E-state index contributed by atoms with van der Waals surface area (Å²) >= 11 is 6.23. The highest BCUT2D eigenvalue weighted by Crippen LogP contribution is 2.58. The van der Waals surface area contributed by atoms with Crippen LogP contribution in [0, 0.1) is 30.6 Å². The first-order valence-corrected chi connectivity index (χ1v) is 10.00. The lowest BCUT2D eigenvalue weighted by Crippen LogP contribution is -2.33. The number of halogens is 1. The molecule has 1 aliphatic heterocycles. The van der Waals surface area contributed by atoms with Crippen LogP contribution in [-0.4, -0.2) is 11.8 Å². The number of rotatable bonds is 1. The van der Waals surface area contributed by atoms with Gasteiger partial charge in [-0.25, -0.2) is 4.90 Å². The first kappa shape index (κ1) is 16.3. The molecule has 1 aromatic carbocycles. The molecule has 0 N–H and O–H groups in total. The highest BCUT2D eigenvalue weighted by atomic mass is 35.5. The Balaban J connectivity index is 1.53. The zero-order valence-electron chi connectivity index (χ0n) is 14.9. The molecule has 134 valence electrons. The number of amides is 2. The molecule has 5 rings (SSSR count). The van der Waals surface area contributed by atoms with Crippen LogP contribution in [0.3, 0.4) is 0 Å². The van der Waals surface area contributed by atoms with Crippen LogP contribution >= 0.6 is 11.6 Å². The molecule has 0 radical (unpaired) electrons. The molecule has 4 aliphatic rings. The first-order chi connectivity index (χ1) is 12.6. The van der Waals surface area contributed by atoms with Gasteiger partial charge in [0.1, 0.15) is 0 Å². The van der Waals surface area contributed by atoms with Crippen LogP contribution in [-0.2, 0) is 9.59 Å². The quantitative estimate of drug-likeness (QED) is 0.526. The van der Waals surface area contributed by atoms with Gasteiger partial charge in [0, 0.05) is 16.9 Å². The van der Waals surface area contributed by atoms with Crippen LogP contribution in [0.1, 0.15) is 37.7 Å². The molecule has 4 heteroatoms. The minimum Gasteiger partial charge on any atom is -0.274 e. The Hall–Kier alpha value is -1.87. The summed E-state index contributed by atoms with van der Waals surface area (Å²) in [4.78, 5) is 27.8. The van der Waals surface area contributed by atoms with Gasteiger partial charge in [0.25, 0.3) is 0 Å². The van der Waals surface area contributed by atoms with Gasteiger partial charge in [0.2, 0.25) is 11.8 Å². The van der Waals surface area contributed by atoms with Crippen LogP contribution in [0.2, 0.25) is 5.02 Å². The number of anilines is 1. The number of imide groups is 1. The van der Waals surface area contributed by atoms with Crippen molar-refractivity contribution in [3.63, 3.8) is 0 Å². The average Bonchev–Trinajstić information content (AvgIpc) is 3.28. The summed E-state index contributed by atoms with van der Waals surface area (Å²) in [6, 6.07) is 5.44. The zero-order chi connectivity index (χ0) is 18.0. The normalized spacial score (nSPS) is 32.8. The Morgan fingerprint density at radius 3 is 2.15 bits per heavy atom. The highest BCUT2D eigenvalue weighted by Gasteiger charge is 2.62. The number of hydrogen-bond donors (Lipinski definition) is 0. The Bertz CT molecular complexity index is 842. The highest BCUT2D eigenvalue weighted by molar-refractivity contribution is 6.32. The fourth-order valence-electron chi connectivity index (χ4n) is 5.48. The predicted molar refractivity (Wildman–Crippen MR) is 102 cm³/mol. The van der Waals surface area contributed by atoms with Gasteiger partial charge in [0.05, 0.1) is 17.5 Å². The molecule has 2 bridgehead atoms. The summed E-state index contributed by atoms with van der Waals surface area (Å²) in [6.45, 7) is 1.92. The van der Waals surface area contributed by atoms with Gasteiger partial charge >= 0.3 is 0 Å². The van der Waals surface area contributed by atoms with Crippen LogP contribution in [0.25, 0.3) is 0 Å². The van der Waals surface area contributed by atoms with Gasteiger partial charge in [-0.2, -0.15) is 0 Å². The number of benzene rings is 1. The maximum Gasteiger partial charge on any atom is 0.238 e. The first-order valence-electron chi connectivity index (χ1n) is 9.62. The number of hydrogen-bond acceptors (Lipinski definition) is 2. The van der Waals surface area contributed by atoms with Crippen molar-refractivity contribution in [2.45, 2.75) is 39.0 Å². The molecule has 1 aromatic rings. The second kappa shape index (κ2) is 5.82. The smallest absolute Gasteiger partial charge is 0.238 e. The third kappa shape index (κ3) is 2.13. The Kier molecular flexibility index (Phi) is 3.65. The third-order valence-electron chi connectivity index (χ3n) is 6.69. The summed E-state index contributed by atoms with van der Waals surface area (Å²) in [6.07, 6.45) is 10.4. The number of carbonyl (C=O) groups is 2. The van der Waals surface area contributed by atoms with Crippen LogP contribution < -0.4 is 4.90 Å². The topological polar surface area (TPSA) is 37.4 Å². The van der Waals surface area contributed by atoms with Crippen molar-refractivity contribution in [3.05, 3.63) is 52.1 Å². The zero-order valence-corrected chi connectivity index (χ0v) is 15.6. The molecule has 3 aliphatic carbocycles. The van der Waals surface area contributed by atoms with Gasteiger partial charge in [-0.15, -0.1) is 0 Å². The Morgan fingerprint density at radius 1 is 0.962 bits per heavy atom. The van der Waals surface area contributed by atoms with Crippen molar-refractivity contribution in [3.8, 4) is 0 Å². The van der Waals surface area contributed by atoms with Crippen LogP contribution in [0.15, 0.2) is 41.5 Å². The van der Waals surface area contributed by atoms with Crippen LogP contribution in [0.4, 0.5) is 5.69 Å². The van der Waals surface area contributed by atoms with E-state index >= 15 is 0 Å². The van der Waals surface area contributed by atoms with Crippen molar-refractivity contribution in [2.24, 2.45) is 23.7 Å². The van der Waals surface area contributed by atoms with E-state index in [1.54, 1.807) is 6.07 Å². The van der Waals surface area contributed by atoms with Gasteiger partial charge in [-0.3, -0.25) is 9.59 Å². The third-order valence-corrected chi connectivity index (χ3v) is 7.10. The Labute approximate surface area is 158 Å².